The third kappa shape index (κ3) is 4.86. The molecule has 1 fully saturated rings. The normalized spacial score (nSPS) is 17.5. The molecule has 0 bridgehead atoms. The fourth-order valence-electron chi connectivity index (χ4n) is 2.40. The van der Waals surface area contributed by atoms with Crippen LogP contribution in [0.3, 0.4) is 0 Å². The van der Waals surface area contributed by atoms with Gasteiger partial charge in [0.25, 0.3) is 0 Å². The molecule has 1 saturated heterocycles. The molecule has 0 aromatic heterocycles. The van der Waals surface area contributed by atoms with Gasteiger partial charge in [-0.25, -0.2) is 0 Å². The minimum absolute atomic E-state index is 0.0563. The summed E-state index contributed by atoms with van der Waals surface area (Å²) in [7, 11) is 3.49. The number of carbonyl (C=O) groups excluding carboxylic acids is 2. The number of rotatable bonds is 5. The molecule has 2 rings (SSSR count). The van der Waals surface area contributed by atoms with Crippen LogP contribution in [0.4, 0.5) is 5.69 Å². The molecule has 0 radical (unpaired) electrons. The number of benzene rings is 1. The molecule has 21 heavy (non-hydrogen) atoms. The first kappa shape index (κ1) is 15.5. The van der Waals surface area contributed by atoms with Crippen molar-refractivity contribution in [3.8, 4) is 0 Å². The minimum Gasteiger partial charge on any atom is -0.349 e. The van der Waals surface area contributed by atoms with Crippen molar-refractivity contribution in [1.82, 2.24) is 10.2 Å². The van der Waals surface area contributed by atoms with E-state index in [1.54, 1.807) is 19.0 Å². The summed E-state index contributed by atoms with van der Waals surface area (Å²) in [4.78, 5) is 25.1. The lowest BCUT2D eigenvalue weighted by Crippen LogP contribution is -2.23. The molecule has 1 aliphatic heterocycles. The van der Waals surface area contributed by atoms with Gasteiger partial charge in [-0.15, -0.1) is 0 Å². The molecular weight excluding hydrogens is 266 g/mol. The van der Waals surface area contributed by atoms with E-state index in [0.717, 1.165) is 30.8 Å². The number of nitrogens with zero attached hydrogens (tertiary/aromatic N) is 1. The molecule has 5 nitrogen and oxygen atoms in total. The summed E-state index contributed by atoms with van der Waals surface area (Å²) in [6.07, 6.45) is 2.02. The molecule has 1 atom stereocenters. The number of carbonyl (C=O) groups is 2. The fourth-order valence-corrected chi connectivity index (χ4v) is 2.40. The topological polar surface area (TPSA) is 61.4 Å². The Balaban J connectivity index is 1.84. The van der Waals surface area contributed by atoms with Crippen molar-refractivity contribution in [2.75, 3.05) is 32.5 Å². The quantitative estimate of drug-likeness (QED) is 0.858. The first-order valence-corrected chi connectivity index (χ1v) is 7.34. The summed E-state index contributed by atoms with van der Waals surface area (Å²) in [5, 5.41) is 6.17. The standard InChI is InChI=1S/C16H23N3O2/c1-19(2)16(21)10-12-3-5-14(6-4-12)18-15(20)9-13-7-8-17-11-13/h3-6,13,17H,7-11H2,1-2H3,(H,18,20). The summed E-state index contributed by atoms with van der Waals surface area (Å²) in [5.41, 5.74) is 1.73. The lowest BCUT2D eigenvalue weighted by molar-refractivity contribution is -0.128. The summed E-state index contributed by atoms with van der Waals surface area (Å²) >= 11 is 0. The van der Waals surface area contributed by atoms with Crippen molar-refractivity contribution in [2.45, 2.75) is 19.3 Å². The average Bonchev–Trinajstić information content (AvgIpc) is 2.93. The molecule has 0 saturated carbocycles. The Hall–Kier alpha value is -1.88. The van der Waals surface area contributed by atoms with Gasteiger partial charge in [-0.3, -0.25) is 9.59 Å². The second-order valence-electron chi connectivity index (χ2n) is 5.77. The van der Waals surface area contributed by atoms with Crippen LogP contribution in [-0.2, 0) is 16.0 Å². The predicted molar refractivity (Wildman–Crippen MR) is 83.1 cm³/mol. The second-order valence-corrected chi connectivity index (χ2v) is 5.77. The van der Waals surface area contributed by atoms with E-state index in [9.17, 15) is 9.59 Å². The van der Waals surface area contributed by atoms with Crippen LogP contribution < -0.4 is 10.6 Å². The van der Waals surface area contributed by atoms with Crippen molar-refractivity contribution in [2.24, 2.45) is 5.92 Å². The first-order valence-electron chi connectivity index (χ1n) is 7.34. The molecule has 0 aliphatic carbocycles. The Bertz CT molecular complexity index is 491. The molecule has 1 aromatic rings. The SMILES string of the molecule is CN(C)C(=O)Cc1ccc(NC(=O)CC2CCNC2)cc1. The van der Waals surface area contributed by atoms with Crippen LogP contribution in [0.2, 0.25) is 0 Å². The Labute approximate surface area is 125 Å². The highest BCUT2D eigenvalue weighted by molar-refractivity contribution is 5.91. The van der Waals surface area contributed by atoms with E-state index in [4.69, 9.17) is 0 Å². The number of anilines is 1. The van der Waals surface area contributed by atoms with Crippen LogP contribution in [0.15, 0.2) is 24.3 Å². The summed E-state index contributed by atoms with van der Waals surface area (Å²) in [5.74, 6) is 0.573. The monoisotopic (exact) mass is 289 g/mol. The van der Waals surface area contributed by atoms with Crippen LogP contribution in [0.25, 0.3) is 0 Å². The number of hydrogen-bond donors (Lipinski definition) is 2. The van der Waals surface area contributed by atoms with E-state index < -0.39 is 0 Å². The van der Waals surface area contributed by atoms with Gasteiger partial charge >= 0.3 is 0 Å². The molecule has 1 unspecified atom stereocenters. The highest BCUT2D eigenvalue weighted by Gasteiger charge is 2.18. The van der Waals surface area contributed by atoms with Gasteiger partial charge in [-0.2, -0.15) is 0 Å². The summed E-state index contributed by atoms with van der Waals surface area (Å²) in [6.45, 7) is 1.94. The van der Waals surface area contributed by atoms with Crippen molar-refractivity contribution in [1.29, 1.82) is 0 Å². The molecule has 114 valence electrons. The number of nitrogens with one attached hydrogen (secondary N) is 2. The Morgan fingerprint density at radius 1 is 1.29 bits per heavy atom. The summed E-state index contributed by atoms with van der Waals surface area (Å²) < 4.78 is 0. The Morgan fingerprint density at radius 3 is 2.57 bits per heavy atom. The molecule has 5 heteroatoms. The maximum absolute atomic E-state index is 11.9. The number of amides is 2. The van der Waals surface area contributed by atoms with Crippen LogP contribution in [0, 0.1) is 5.92 Å². The van der Waals surface area contributed by atoms with Gasteiger partial charge < -0.3 is 15.5 Å². The average molecular weight is 289 g/mol. The lowest BCUT2D eigenvalue weighted by Gasteiger charge is -2.11. The molecular formula is C16H23N3O2. The van der Waals surface area contributed by atoms with Crippen molar-refractivity contribution >= 4 is 17.5 Å². The first-order chi connectivity index (χ1) is 10.0. The van der Waals surface area contributed by atoms with Crippen molar-refractivity contribution in [3.05, 3.63) is 29.8 Å². The largest absolute Gasteiger partial charge is 0.349 e. The predicted octanol–water partition coefficient (Wildman–Crippen LogP) is 1.26. The molecule has 1 heterocycles. The van der Waals surface area contributed by atoms with E-state index in [0.29, 0.717) is 18.8 Å². The van der Waals surface area contributed by atoms with E-state index >= 15 is 0 Å². The number of hydrogen-bond acceptors (Lipinski definition) is 3. The molecule has 0 spiro atoms. The third-order valence-corrected chi connectivity index (χ3v) is 3.73. The molecule has 2 N–H and O–H groups in total. The van der Waals surface area contributed by atoms with Crippen LogP contribution in [0.1, 0.15) is 18.4 Å². The van der Waals surface area contributed by atoms with E-state index in [2.05, 4.69) is 10.6 Å². The lowest BCUT2D eigenvalue weighted by atomic mass is 10.0. The highest BCUT2D eigenvalue weighted by Crippen LogP contribution is 2.15. The molecule has 2 amide bonds. The van der Waals surface area contributed by atoms with Gasteiger partial charge in [0.1, 0.15) is 0 Å². The van der Waals surface area contributed by atoms with Gasteiger partial charge in [0.2, 0.25) is 11.8 Å². The van der Waals surface area contributed by atoms with Crippen LogP contribution >= 0.6 is 0 Å². The number of likely N-dealkylation sites (N-methyl/N-ethyl adjacent to an activating group) is 1. The fraction of sp³-hybridized carbons (Fsp3) is 0.500. The van der Waals surface area contributed by atoms with Crippen LogP contribution in [0.5, 0.6) is 0 Å². The molecule has 1 aliphatic rings. The smallest absolute Gasteiger partial charge is 0.226 e. The van der Waals surface area contributed by atoms with Crippen molar-refractivity contribution < 1.29 is 9.59 Å². The highest BCUT2D eigenvalue weighted by atomic mass is 16.2. The van der Waals surface area contributed by atoms with Crippen molar-refractivity contribution in [3.63, 3.8) is 0 Å². The van der Waals surface area contributed by atoms with E-state index in [-0.39, 0.29) is 11.8 Å². The van der Waals surface area contributed by atoms with Gasteiger partial charge in [0.05, 0.1) is 6.42 Å². The maximum atomic E-state index is 11.9. The minimum atomic E-state index is 0.0563. The zero-order valence-corrected chi connectivity index (χ0v) is 12.7. The van der Waals surface area contributed by atoms with Crippen LogP contribution in [-0.4, -0.2) is 43.9 Å². The second kappa shape index (κ2) is 7.22. The van der Waals surface area contributed by atoms with E-state index in [1.165, 1.54) is 0 Å². The van der Waals surface area contributed by atoms with Gasteiger partial charge in [0.15, 0.2) is 0 Å². The maximum Gasteiger partial charge on any atom is 0.226 e. The molecule has 1 aromatic carbocycles. The third-order valence-electron chi connectivity index (χ3n) is 3.73. The van der Waals surface area contributed by atoms with E-state index in [1.807, 2.05) is 24.3 Å². The Kier molecular flexibility index (Phi) is 5.33. The zero-order chi connectivity index (χ0) is 15.2. The Morgan fingerprint density at radius 2 is 2.00 bits per heavy atom. The van der Waals surface area contributed by atoms with Gasteiger partial charge in [-0.1, -0.05) is 12.1 Å². The summed E-state index contributed by atoms with van der Waals surface area (Å²) in [6, 6.07) is 7.47. The van der Waals surface area contributed by atoms with Gasteiger partial charge in [0, 0.05) is 26.2 Å². The zero-order valence-electron chi connectivity index (χ0n) is 12.7. The van der Waals surface area contributed by atoms with Gasteiger partial charge in [-0.05, 0) is 43.1 Å².